The van der Waals surface area contributed by atoms with Crippen LogP contribution in [0.15, 0.2) is 54.6 Å². The van der Waals surface area contributed by atoms with Crippen LogP contribution in [0.3, 0.4) is 0 Å². The van der Waals surface area contributed by atoms with Gasteiger partial charge in [0.05, 0.1) is 7.11 Å². The maximum atomic E-state index is 12.2. The van der Waals surface area contributed by atoms with Crippen LogP contribution in [-0.4, -0.2) is 18.9 Å². The summed E-state index contributed by atoms with van der Waals surface area (Å²) in [6.07, 6.45) is 0. The lowest BCUT2D eigenvalue weighted by atomic mass is 10.1. The van der Waals surface area contributed by atoms with Crippen molar-refractivity contribution in [3.8, 4) is 5.75 Å². The minimum Gasteiger partial charge on any atom is -0.497 e. The third-order valence-corrected chi connectivity index (χ3v) is 3.02. The standard InChI is InChI=1S/C16H16N2O3/c1-21-13-9-5-8-12(10-13)16(20)18-14(15(17)19)11-6-3-2-4-7-11/h2-10,14H,1H3,(H2,17,19)(H,18,20). The molecule has 0 aliphatic heterocycles. The normalized spacial score (nSPS) is 11.5. The van der Waals surface area contributed by atoms with Gasteiger partial charge in [0.1, 0.15) is 11.8 Å². The van der Waals surface area contributed by atoms with Gasteiger partial charge in [0.25, 0.3) is 5.91 Å². The summed E-state index contributed by atoms with van der Waals surface area (Å²) in [5.74, 6) is -0.433. The molecule has 3 N–H and O–H groups in total. The Morgan fingerprint density at radius 1 is 1.10 bits per heavy atom. The van der Waals surface area contributed by atoms with Gasteiger partial charge in [-0.3, -0.25) is 9.59 Å². The molecule has 0 aliphatic rings. The molecule has 1 unspecified atom stereocenters. The van der Waals surface area contributed by atoms with Crippen molar-refractivity contribution in [1.82, 2.24) is 5.32 Å². The van der Waals surface area contributed by atoms with Crippen molar-refractivity contribution < 1.29 is 14.3 Å². The van der Waals surface area contributed by atoms with Crippen LogP contribution in [0, 0.1) is 0 Å². The molecule has 0 spiro atoms. The zero-order valence-corrected chi connectivity index (χ0v) is 11.6. The summed E-state index contributed by atoms with van der Waals surface area (Å²) in [5.41, 5.74) is 6.41. The lowest BCUT2D eigenvalue weighted by Gasteiger charge is -2.16. The fraction of sp³-hybridized carbons (Fsp3) is 0.125. The van der Waals surface area contributed by atoms with Crippen molar-refractivity contribution in [2.24, 2.45) is 5.73 Å². The summed E-state index contributed by atoms with van der Waals surface area (Å²) >= 11 is 0. The zero-order valence-electron chi connectivity index (χ0n) is 11.6. The van der Waals surface area contributed by atoms with Gasteiger partial charge >= 0.3 is 0 Å². The summed E-state index contributed by atoms with van der Waals surface area (Å²) in [7, 11) is 1.52. The van der Waals surface area contributed by atoms with E-state index in [1.807, 2.05) is 6.07 Å². The highest BCUT2D eigenvalue weighted by Gasteiger charge is 2.20. The highest BCUT2D eigenvalue weighted by atomic mass is 16.5. The highest BCUT2D eigenvalue weighted by Crippen LogP contribution is 2.16. The summed E-state index contributed by atoms with van der Waals surface area (Å²) in [5, 5.41) is 2.63. The molecule has 0 aliphatic carbocycles. The summed E-state index contributed by atoms with van der Waals surface area (Å²) in [6, 6.07) is 14.7. The Morgan fingerprint density at radius 3 is 2.43 bits per heavy atom. The Bertz CT molecular complexity index is 641. The fourth-order valence-electron chi connectivity index (χ4n) is 1.94. The molecule has 2 aromatic carbocycles. The third kappa shape index (κ3) is 3.60. The van der Waals surface area contributed by atoms with Crippen LogP contribution in [0.4, 0.5) is 0 Å². The maximum Gasteiger partial charge on any atom is 0.252 e. The van der Waals surface area contributed by atoms with Crippen LogP contribution in [0.2, 0.25) is 0 Å². The SMILES string of the molecule is COc1cccc(C(=O)NC(C(N)=O)c2ccccc2)c1. The molecule has 0 saturated heterocycles. The number of carbonyl (C=O) groups is 2. The van der Waals surface area contributed by atoms with E-state index in [1.165, 1.54) is 7.11 Å². The molecule has 0 saturated carbocycles. The van der Waals surface area contributed by atoms with Gasteiger partial charge < -0.3 is 15.8 Å². The van der Waals surface area contributed by atoms with E-state index < -0.39 is 11.9 Å². The Balaban J connectivity index is 2.21. The van der Waals surface area contributed by atoms with E-state index in [4.69, 9.17) is 10.5 Å². The van der Waals surface area contributed by atoms with Gasteiger partial charge in [-0.2, -0.15) is 0 Å². The zero-order chi connectivity index (χ0) is 15.2. The molecule has 2 amide bonds. The summed E-state index contributed by atoms with van der Waals surface area (Å²) in [6.45, 7) is 0. The van der Waals surface area contributed by atoms with E-state index in [2.05, 4.69) is 5.32 Å². The van der Waals surface area contributed by atoms with Gasteiger partial charge in [-0.1, -0.05) is 36.4 Å². The first kappa shape index (κ1) is 14.6. The molecular formula is C16H16N2O3. The fourth-order valence-corrected chi connectivity index (χ4v) is 1.94. The number of primary amides is 1. The molecule has 0 bridgehead atoms. The first-order chi connectivity index (χ1) is 10.1. The van der Waals surface area contributed by atoms with E-state index in [9.17, 15) is 9.59 Å². The predicted molar refractivity (Wildman–Crippen MR) is 78.8 cm³/mol. The molecule has 0 fully saturated rings. The molecule has 5 heteroatoms. The van der Waals surface area contributed by atoms with Crippen molar-refractivity contribution in [3.05, 3.63) is 65.7 Å². The number of amides is 2. The molecule has 0 aromatic heterocycles. The highest BCUT2D eigenvalue weighted by molar-refractivity contribution is 5.97. The molecule has 2 rings (SSSR count). The van der Waals surface area contributed by atoms with Crippen LogP contribution in [0.1, 0.15) is 22.0 Å². The second kappa shape index (κ2) is 6.56. The van der Waals surface area contributed by atoms with Gasteiger partial charge in [-0.05, 0) is 23.8 Å². The van der Waals surface area contributed by atoms with Crippen molar-refractivity contribution >= 4 is 11.8 Å². The summed E-state index contributed by atoms with van der Waals surface area (Å²) < 4.78 is 5.07. The molecule has 2 aromatic rings. The van der Waals surface area contributed by atoms with Crippen molar-refractivity contribution in [1.29, 1.82) is 0 Å². The number of nitrogens with two attached hydrogens (primary N) is 1. The van der Waals surface area contributed by atoms with E-state index >= 15 is 0 Å². The van der Waals surface area contributed by atoms with E-state index in [1.54, 1.807) is 48.5 Å². The number of benzene rings is 2. The number of hydrogen-bond acceptors (Lipinski definition) is 3. The van der Waals surface area contributed by atoms with Crippen LogP contribution in [0.5, 0.6) is 5.75 Å². The van der Waals surface area contributed by atoms with Gasteiger partial charge in [0.2, 0.25) is 5.91 Å². The monoisotopic (exact) mass is 284 g/mol. The van der Waals surface area contributed by atoms with Crippen LogP contribution in [-0.2, 0) is 4.79 Å². The number of carbonyl (C=O) groups excluding carboxylic acids is 2. The minimum atomic E-state index is -0.870. The van der Waals surface area contributed by atoms with Gasteiger partial charge in [-0.15, -0.1) is 0 Å². The Hall–Kier alpha value is -2.82. The minimum absolute atomic E-state index is 0.387. The number of rotatable bonds is 5. The van der Waals surface area contributed by atoms with Gasteiger partial charge in [0.15, 0.2) is 0 Å². The Labute approximate surface area is 122 Å². The molecule has 1 atom stereocenters. The third-order valence-electron chi connectivity index (χ3n) is 3.02. The molecular weight excluding hydrogens is 268 g/mol. The number of nitrogens with one attached hydrogen (secondary N) is 1. The number of hydrogen-bond donors (Lipinski definition) is 2. The number of ether oxygens (including phenoxy) is 1. The first-order valence-electron chi connectivity index (χ1n) is 6.41. The average Bonchev–Trinajstić information content (AvgIpc) is 2.53. The van der Waals surface area contributed by atoms with Crippen LogP contribution >= 0.6 is 0 Å². The van der Waals surface area contributed by atoms with Gasteiger partial charge in [-0.25, -0.2) is 0 Å². The lowest BCUT2D eigenvalue weighted by Crippen LogP contribution is -2.37. The average molecular weight is 284 g/mol. The van der Waals surface area contributed by atoms with Gasteiger partial charge in [0, 0.05) is 5.56 Å². The smallest absolute Gasteiger partial charge is 0.252 e. The molecule has 21 heavy (non-hydrogen) atoms. The predicted octanol–water partition coefficient (Wildman–Crippen LogP) is 1.65. The Kier molecular flexibility index (Phi) is 4.56. The topological polar surface area (TPSA) is 81.4 Å². The summed E-state index contributed by atoms with van der Waals surface area (Å²) in [4.78, 5) is 23.8. The van der Waals surface area contributed by atoms with E-state index in [-0.39, 0.29) is 5.91 Å². The van der Waals surface area contributed by atoms with E-state index in [0.717, 1.165) is 0 Å². The van der Waals surface area contributed by atoms with Crippen molar-refractivity contribution in [2.45, 2.75) is 6.04 Å². The number of methoxy groups -OCH3 is 1. The quantitative estimate of drug-likeness (QED) is 0.876. The van der Waals surface area contributed by atoms with E-state index in [0.29, 0.717) is 16.9 Å². The molecule has 108 valence electrons. The molecule has 0 radical (unpaired) electrons. The lowest BCUT2D eigenvalue weighted by molar-refractivity contribution is -0.120. The largest absolute Gasteiger partial charge is 0.497 e. The second-order valence-corrected chi connectivity index (χ2v) is 4.45. The Morgan fingerprint density at radius 2 is 1.81 bits per heavy atom. The van der Waals surface area contributed by atoms with Crippen molar-refractivity contribution in [3.63, 3.8) is 0 Å². The van der Waals surface area contributed by atoms with Crippen LogP contribution in [0.25, 0.3) is 0 Å². The molecule has 0 heterocycles. The van der Waals surface area contributed by atoms with Crippen LogP contribution < -0.4 is 15.8 Å². The first-order valence-corrected chi connectivity index (χ1v) is 6.41. The second-order valence-electron chi connectivity index (χ2n) is 4.45. The maximum absolute atomic E-state index is 12.2. The molecule has 5 nitrogen and oxygen atoms in total. The van der Waals surface area contributed by atoms with Crippen molar-refractivity contribution in [2.75, 3.05) is 7.11 Å².